The molecular weight excluding hydrogens is 412 g/mol. The number of nitrogens with zero attached hydrogens (tertiary/aromatic N) is 2. The number of H-pyrrole nitrogens is 2. The van der Waals surface area contributed by atoms with Crippen LogP contribution in [0.15, 0.2) is 81.7 Å². The molecule has 8 heteroatoms. The molecule has 4 aromatic rings. The monoisotopic (exact) mass is 428 g/mol. The Hall–Kier alpha value is -2.22. The predicted molar refractivity (Wildman–Crippen MR) is 108 cm³/mol. The zero-order valence-corrected chi connectivity index (χ0v) is 17.1. The molecule has 1 aliphatic rings. The highest BCUT2D eigenvalue weighted by molar-refractivity contribution is 8.03. The van der Waals surface area contributed by atoms with Crippen molar-refractivity contribution in [2.75, 3.05) is 5.75 Å². The van der Waals surface area contributed by atoms with Gasteiger partial charge in [-0.25, -0.2) is 9.55 Å². The second kappa shape index (κ2) is 8.03. The summed E-state index contributed by atoms with van der Waals surface area (Å²) in [5.74, 6) is 0.911. The fraction of sp³-hybridized carbons (Fsp3) is 0.150. The Kier molecular flexibility index (Phi) is 5.48. The van der Waals surface area contributed by atoms with Gasteiger partial charge in [-0.15, -0.1) is 16.9 Å². The topological polar surface area (TPSA) is 65.4 Å². The van der Waals surface area contributed by atoms with Crippen LogP contribution in [0.25, 0.3) is 11.0 Å². The zero-order valence-electron chi connectivity index (χ0n) is 14.7. The van der Waals surface area contributed by atoms with Crippen molar-refractivity contribution in [3.63, 3.8) is 0 Å². The van der Waals surface area contributed by atoms with Crippen LogP contribution in [-0.2, 0) is 0 Å². The van der Waals surface area contributed by atoms with Crippen LogP contribution in [0.2, 0.25) is 0 Å². The van der Waals surface area contributed by atoms with E-state index in [-0.39, 0.29) is 24.0 Å². The molecule has 2 aromatic carbocycles. The number of thioether (sulfide) groups is 2. The van der Waals surface area contributed by atoms with Gasteiger partial charge in [-0.3, -0.25) is 4.79 Å². The first-order chi connectivity index (χ1) is 13.3. The SMILES string of the molecule is O=c1[nH]c2[n+](c3[nH]ncc13)C(c1ccccc1)C(Sc1ccccc1)CS2.[Cl-]. The standard InChI is InChI=1S/C20H16N4OS2.ClH/c25-19-15-11-21-23-18(15)24-17(13-7-3-1-4-8-13)16(12-26-20(24)22-19)27-14-9-5-2-6-10-14;/h1-11,16-17H,12H2,(H,21,23,25);1H. The second-order valence-electron chi connectivity index (χ2n) is 6.40. The lowest BCUT2D eigenvalue weighted by molar-refractivity contribution is -0.731. The van der Waals surface area contributed by atoms with Crippen molar-refractivity contribution in [2.45, 2.75) is 21.3 Å². The van der Waals surface area contributed by atoms with Gasteiger partial charge in [0.15, 0.2) is 5.39 Å². The van der Waals surface area contributed by atoms with E-state index in [9.17, 15) is 4.79 Å². The number of aromatic nitrogens is 4. The normalized spacial score (nSPS) is 18.4. The maximum Gasteiger partial charge on any atom is 0.320 e. The fourth-order valence-electron chi connectivity index (χ4n) is 3.53. The Labute approximate surface area is 176 Å². The quantitative estimate of drug-likeness (QED) is 0.366. The van der Waals surface area contributed by atoms with E-state index in [0.717, 1.165) is 16.6 Å². The van der Waals surface area contributed by atoms with E-state index in [0.29, 0.717) is 10.6 Å². The average molecular weight is 429 g/mol. The lowest BCUT2D eigenvalue weighted by Crippen LogP contribution is -3.00. The second-order valence-corrected chi connectivity index (χ2v) is 8.72. The van der Waals surface area contributed by atoms with Crippen molar-refractivity contribution in [1.29, 1.82) is 0 Å². The first-order valence-electron chi connectivity index (χ1n) is 8.71. The minimum atomic E-state index is -0.0986. The molecule has 0 bridgehead atoms. The Bertz CT molecular complexity index is 1150. The summed E-state index contributed by atoms with van der Waals surface area (Å²) in [6.45, 7) is 0. The molecule has 5 rings (SSSR count). The van der Waals surface area contributed by atoms with Gasteiger partial charge < -0.3 is 12.4 Å². The van der Waals surface area contributed by atoms with E-state index in [1.54, 1.807) is 18.0 Å². The van der Waals surface area contributed by atoms with Gasteiger partial charge in [-0.2, -0.15) is 5.10 Å². The van der Waals surface area contributed by atoms with E-state index < -0.39 is 0 Å². The number of fused-ring (bicyclic) bond motifs is 3. The molecule has 0 saturated carbocycles. The molecule has 0 saturated heterocycles. The molecule has 5 nitrogen and oxygen atoms in total. The summed E-state index contributed by atoms with van der Waals surface area (Å²) in [5, 5.41) is 8.94. The molecule has 0 spiro atoms. The van der Waals surface area contributed by atoms with Gasteiger partial charge in [-0.05, 0) is 17.7 Å². The summed E-state index contributed by atoms with van der Waals surface area (Å²) in [6.07, 6.45) is 1.60. The van der Waals surface area contributed by atoms with Gasteiger partial charge in [0.2, 0.25) is 0 Å². The summed E-state index contributed by atoms with van der Waals surface area (Å²) in [5.41, 5.74) is 1.90. The molecule has 1 aliphatic heterocycles. The minimum absolute atomic E-state index is 0. The third kappa shape index (κ3) is 3.34. The maximum absolute atomic E-state index is 12.4. The lowest BCUT2D eigenvalue weighted by Gasteiger charge is -2.31. The molecule has 0 aliphatic carbocycles. The Morgan fingerprint density at radius 3 is 2.54 bits per heavy atom. The van der Waals surface area contributed by atoms with Crippen LogP contribution in [0, 0.1) is 0 Å². The predicted octanol–water partition coefficient (Wildman–Crippen LogP) is 0.399. The summed E-state index contributed by atoms with van der Waals surface area (Å²) in [7, 11) is 0. The van der Waals surface area contributed by atoms with Gasteiger partial charge in [0.25, 0.3) is 10.8 Å². The molecule has 2 unspecified atom stereocenters. The average Bonchev–Trinajstić information content (AvgIpc) is 3.20. The van der Waals surface area contributed by atoms with Crippen LogP contribution in [-0.4, -0.2) is 26.2 Å². The first kappa shape index (κ1) is 19.1. The first-order valence-corrected chi connectivity index (χ1v) is 10.6. The number of hydrogen-bond donors (Lipinski definition) is 2. The van der Waals surface area contributed by atoms with Crippen LogP contribution < -0.4 is 22.5 Å². The molecule has 2 N–H and O–H groups in total. The number of nitrogens with one attached hydrogen (secondary N) is 2. The number of halogens is 1. The van der Waals surface area contributed by atoms with Crippen LogP contribution >= 0.6 is 23.5 Å². The lowest BCUT2D eigenvalue weighted by atomic mass is 10.0. The number of aromatic amines is 2. The Balaban J connectivity index is 0.00000192. The molecule has 28 heavy (non-hydrogen) atoms. The van der Waals surface area contributed by atoms with Gasteiger partial charge in [0.1, 0.15) is 6.04 Å². The van der Waals surface area contributed by atoms with Crippen LogP contribution in [0.1, 0.15) is 11.6 Å². The van der Waals surface area contributed by atoms with Gasteiger partial charge in [-0.1, -0.05) is 60.3 Å². The highest BCUT2D eigenvalue weighted by Gasteiger charge is 2.38. The van der Waals surface area contributed by atoms with Crippen LogP contribution in [0.5, 0.6) is 0 Å². The molecule has 2 atom stereocenters. The molecule has 0 fully saturated rings. The van der Waals surface area contributed by atoms with E-state index in [1.165, 1.54) is 10.5 Å². The molecule has 3 heterocycles. The summed E-state index contributed by atoms with van der Waals surface area (Å²) >= 11 is 3.56. The van der Waals surface area contributed by atoms with E-state index in [1.807, 2.05) is 23.9 Å². The van der Waals surface area contributed by atoms with E-state index >= 15 is 0 Å². The highest BCUT2D eigenvalue weighted by Crippen LogP contribution is 2.39. The molecule has 0 radical (unpaired) electrons. The Morgan fingerprint density at radius 1 is 1.07 bits per heavy atom. The third-order valence-electron chi connectivity index (χ3n) is 4.73. The van der Waals surface area contributed by atoms with Crippen molar-refractivity contribution in [1.82, 2.24) is 15.2 Å². The van der Waals surface area contributed by atoms with Crippen molar-refractivity contribution in [2.24, 2.45) is 0 Å². The largest absolute Gasteiger partial charge is 1.00 e. The molecule has 142 valence electrons. The molecule has 2 aromatic heterocycles. The summed E-state index contributed by atoms with van der Waals surface area (Å²) in [6, 6.07) is 21.0. The fourth-order valence-corrected chi connectivity index (χ4v) is 6.09. The van der Waals surface area contributed by atoms with Crippen molar-refractivity contribution >= 4 is 34.6 Å². The molecular formula is C20H17ClN4OS2. The van der Waals surface area contributed by atoms with Gasteiger partial charge >= 0.3 is 5.56 Å². The Morgan fingerprint density at radius 2 is 1.79 bits per heavy atom. The number of hydrogen-bond acceptors (Lipinski definition) is 4. The number of rotatable bonds is 3. The number of benzene rings is 2. The van der Waals surface area contributed by atoms with Gasteiger partial charge in [0.05, 0.1) is 11.4 Å². The van der Waals surface area contributed by atoms with Crippen LogP contribution in [0.4, 0.5) is 0 Å². The highest BCUT2D eigenvalue weighted by atomic mass is 35.5. The van der Waals surface area contributed by atoms with Crippen molar-refractivity contribution in [3.05, 3.63) is 82.8 Å². The third-order valence-corrected chi connectivity index (χ3v) is 7.31. The van der Waals surface area contributed by atoms with E-state index in [2.05, 4.69) is 68.3 Å². The van der Waals surface area contributed by atoms with Crippen LogP contribution in [0.3, 0.4) is 0 Å². The van der Waals surface area contributed by atoms with Crippen molar-refractivity contribution < 1.29 is 17.0 Å². The summed E-state index contributed by atoms with van der Waals surface area (Å²) in [4.78, 5) is 16.7. The molecule has 0 amide bonds. The summed E-state index contributed by atoms with van der Waals surface area (Å²) < 4.78 is 2.20. The zero-order chi connectivity index (χ0) is 18.2. The van der Waals surface area contributed by atoms with Crippen molar-refractivity contribution in [3.8, 4) is 0 Å². The van der Waals surface area contributed by atoms with Gasteiger partial charge in [0, 0.05) is 10.6 Å². The minimum Gasteiger partial charge on any atom is -1.00 e. The maximum atomic E-state index is 12.4. The smallest absolute Gasteiger partial charge is 0.320 e. The van der Waals surface area contributed by atoms with E-state index in [4.69, 9.17) is 0 Å².